The molecule has 0 aromatic heterocycles. The highest BCUT2D eigenvalue weighted by atomic mass is 16.5. The Kier molecular flexibility index (Phi) is 5.40. The van der Waals surface area contributed by atoms with E-state index in [1.165, 1.54) is 0 Å². The Morgan fingerprint density at radius 1 is 1.00 bits per heavy atom. The molecule has 22 heavy (non-hydrogen) atoms. The SMILES string of the molecule is COc1cccc(C(C#N)NC(C)c2ccccc2)c1OC. The summed E-state index contributed by atoms with van der Waals surface area (Å²) in [6.45, 7) is 2.03. The topological polar surface area (TPSA) is 54.3 Å². The summed E-state index contributed by atoms with van der Waals surface area (Å²) in [6, 6.07) is 17.4. The van der Waals surface area contributed by atoms with Gasteiger partial charge in [0.05, 0.1) is 20.3 Å². The second kappa shape index (κ2) is 7.48. The maximum Gasteiger partial charge on any atom is 0.166 e. The Balaban J connectivity index is 2.28. The molecule has 4 nitrogen and oxygen atoms in total. The number of para-hydroxylation sites is 1. The highest BCUT2D eigenvalue weighted by Crippen LogP contribution is 2.35. The van der Waals surface area contributed by atoms with Crippen LogP contribution >= 0.6 is 0 Å². The van der Waals surface area contributed by atoms with Crippen molar-refractivity contribution < 1.29 is 9.47 Å². The third kappa shape index (κ3) is 3.38. The Morgan fingerprint density at radius 3 is 2.32 bits per heavy atom. The molecule has 0 aliphatic carbocycles. The number of methoxy groups -OCH3 is 2. The summed E-state index contributed by atoms with van der Waals surface area (Å²) in [5.41, 5.74) is 1.90. The van der Waals surface area contributed by atoms with Gasteiger partial charge >= 0.3 is 0 Å². The van der Waals surface area contributed by atoms with E-state index in [-0.39, 0.29) is 6.04 Å². The quantitative estimate of drug-likeness (QED) is 0.884. The fourth-order valence-electron chi connectivity index (χ4n) is 2.42. The Hall–Kier alpha value is -2.51. The molecule has 4 heteroatoms. The first-order valence-electron chi connectivity index (χ1n) is 7.12. The standard InChI is InChI=1S/C18H20N2O2/c1-13(14-8-5-4-6-9-14)20-16(12-19)15-10-7-11-17(21-2)18(15)22-3/h4-11,13,16,20H,1-3H3. The van der Waals surface area contributed by atoms with Gasteiger partial charge in [0, 0.05) is 11.6 Å². The van der Waals surface area contributed by atoms with Crippen LogP contribution < -0.4 is 14.8 Å². The van der Waals surface area contributed by atoms with Crippen LogP contribution in [-0.2, 0) is 0 Å². The van der Waals surface area contributed by atoms with Gasteiger partial charge in [-0.25, -0.2) is 0 Å². The second-order valence-corrected chi connectivity index (χ2v) is 4.94. The number of hydrogen-bond acceptors (Lipinski definition) is 4. The molecule has 0 saturated heterocycles. The maximum absolute atomic E-state index is 9.55. The minimum atomic E-state index is -0.486. The Morgan fingerprint density at radius 2 is 1.73 bits per heavy atom. The zero-order chi connectivity index (χ0) is 15.9. The first-order valence-corrected chi connectivity index (χ1v) is 7.12. The van der Waals surface area contributed by atoms with Gasteiger partial charge in [-0.15, -0.1) is 0 Å². The van der Waals surface area contributed by atoms with Crippen LogP contribution in [0.4, 0.5) is 0 Å². The van der Waals surface area contributed by atoms with Gasteiger partial charge < -0.3 is 9.47 Å². The van der Waals surface area contributed by atoms with Gasteiger partial charge in [-0.05, 0) is 18.6 Å². The van der Waals surface area contributed by atoms with Gasteiger partial charge in [-0.1, -0.05) is 42.5 Å². The lowest BCUT2D eigenvalue weighted by atomic mass is 10.0. The zero-order valence-corrected chi connectivity index (χ0v) is 13.0. The van der Waals surface area contributed by atoms with Crippen molar-refractivity contribution >= 4 is 0 Å². The zero-order valence-electron chi connectivity index (χ0n) is 13.0. The minimum Gasteiger partial charge on any atom is -0.493 e. The van der Waals surface area contributed by atoms with E-state index in [4.69, 9.17) is 9.47 Å². The number of benzene rings is 2. The lowest BCUT2D eigenvalue weighted by molar-refractivity contribution is 0.348. The summed E-state index contributed by atoms with van der Waals surface area (Å²) in [5, 5.41) is 12.9. The summed E-state index contributed by atoms with van der Waals surface area (Å²) in [5.74, 6) is 1.21. The van der Waals surface area contributed by atoms with Crippen molar-refractivity contribution in [1.82, 2.24) is 5.32 Å². The molecule has 0 fully saturated rings. The molecule has 2 aromatic carbocycles. The van der Waals surface area contributed by atoms with Gasteiger partial charge in [0.1, 0.15) is 6.04 Å². The molecule has 0 amide bonds. The molecule has 0 aliphatic heterocycles. The molecule has 0 heterocycles. The highest BCUT2D eigenvalue weighted by Gasteiger charge is 2.20. The predicted molar refractivity (Wildman–Crippen MR) is 85.9 cm³/mol. The molecule has 2 aromatic rings. The second-order valence-electron chi connectivity index (χ2n) is 4.94. The van der Waals surface area contributed by atoms with E-state index in [9.17, 15) is 5.26 Å². The number of nitriles is 1. The van der Waals surface area contributed by atoms with E-state index in [2.05, 4.69) is 11.4 Å². The summed E-state index contributed by atoms with van der Waals surface area (Å²) in [6.07, 6.45) is 0. The van der Waals surface area contributed by atoms with Crippen LogP contribution in [0.1, 0.15) is 30.1 Å². The van der Waals surface area contributed by atoms with Gasteiger partial charge in [0.15, 0.2) is 11.5 Å². The van der Waals surface area contributed by atoms with Crippen molar-refractivity contribution in [2.24, 2.45) is 0 Å². The van der Waals surface area contributed by atoms with Crippen molar-refractivity contribution in [2.75, 3.05) is 14.2 Å². The van der Waals surface area contributed by atoms with E-state index in [0.717, 1.165) is 11.1 Å². The van der Waals surface area contributed by atoms with E-state index in [1.807, 2.05) is 55.5 Å². The molecule has 0 aliphatic rings. The number of nitrogens with zero attached hydrogens (tertiary/aromatic N) is 1. The van der Waals surface area contributed by atoms with Crippen LogP contribution in [0.5, 0.6) is 11.5 Å². The molecule has 114 valence electrons. The van der Waals surface area contributed by atoms with Crippen LogP contribution in [0.15, 0.2) is 48.5 Å². The number of ether oxygens (including phenoxy) is 2. The smallest absolute Gasteiger partial charge is 0.166 e. The van der Waals surface area contributed by atoms with E-state index in [0.29, 0.717) is 11.5 Å². The first kappa shape index (κ1) is 15.9. The fraction of sp³-hybridized carbons (Fsp3) is 0.278. The molecular formula is C18H20N2O2. The monoisotopic (exact) mass is 296 g/mol. The molecule has 1 N–H and O–H groups in total. The lowest BCUT2D eigenvalue weighted by Crippen LogP contribution is -2.24. The fourth-order valence-corrected chi connectivity index (χ4v) is 2.42. The van der Waals surface area contributed by atoms with Crippen LogP contribution in [-0.4, -0.2) is 14.2 Å². The van der Waals surface area contributed by atoms with Crippen molar-refractivity contribution in [3.8, 4) is 17.6 Å². The molecule has 0 saturated carbocycles. The third-order valence-electron chi connectivity index (χ3n) is 3.59. The minimum absolute atomic E-state index is 0.0433. The van der Waals surface area contributed by atoms with Crippen LogP contribution in [0.25, 0.3) is 0 Å². The van der Waals surface area contributed by atoms with Crippen LogP contribution in [0, 0.1) is 11.3 Å². The number of rotatable bonds is 6. The van der Waals surface area contributed by atoms with Gasteiger partial charge in [0.2, 0.25) is 0 Å². The predicted octanol–water partition coefficient (Wildman–Crippen LogP) is 3.62. The summed E-state index contributed by atoms with van der Waals surface area (Å²) < 4.78 is 10.7. The molecule has 2 unspecified atom stereocenters. The molecule has 2 atom stereocenters. The summed E-state index contributed by atoms with van der Waals surface area (Å²) in [4.78, 5) is 0. The molecule has 0 radical (unpaired) electrons. The van der Waals surface area contributed by atoms with E-state index < -0.39 is 6.04 Å². The molecule has 0 bridgehead atoms. The number of nitrogens with one attached hydrogen (secondary N) is 1. The Labute approximate surface area is 131 Å². The highest BCUT2D eigenvalue weighted by molar-refractivity contribution is 5.49. The van der Waals surface area contributed by atoms with Crippen molar-refractivity contribution in [2.45, 2.75) is 19.0 Å². The van der Waals surface area contributed by atoms with E-state index in [1.54, 1.807) is 14.2 Å². The molecular weight excluding hydrogens is 276 g/mol. The first-order chi connectivity index (χ1) is 10.7. The normalized spacial score (nSPS) is 13.0. The van der Waals surface area contributed by atoms with E-state index >= 15 is 0 Å². The van der Waals surface area contributed by atoms with Crippen LogP contribution in [0.2, 0.25) is 0 Å². The van der Waals surface area contributed by atoms with Gasteiger partial charge in [-0.3, -0.25) is 5.32 Å². The third-order valence-corrected chi connectivity index (χ3v) is 3.59. The lowest BCUT2D eigenvalue weighted by Gasteiger charge is -2.21. The average Bonchev–Trinajstić information content (AvgIpc) is 2.59. The van der Waals surface area contributed by atoms with Gasteiger partial charge in [0.25, 0.3) is 0 Å². The summed E-state index contributed by atoms with van der Waals surface area (Å²) >= 11 is 0. The van der Waals surface area contributed by atoms with Crippen LogP contribution in [0.3, 0.4) is 0 Å². The largest absolute Gasteiger partial charge is 0.493 e. The van der Waals surface area contributed by atoms with Crippen molar-refractivity contribution in [3.05, 3.63) is 59.7 Å². The summed E-state index contributed by atoms with van der Waals surface area (Å²) in [7, 11) is 3.17. The van der Waals surface area contributed by atoms with Crippen molar-refractivity contribution in [3.63, 3.8) is 0 Å². The maximum atomic E-state index is 9.55. The molecule has 0 spiro atoms. The van der Waals surface area contributed by atoms with Crippen molar-refractivity contribution in [1.29, 1.82) is 5.26 Å². The number of hydrogen-bond donors (Lipinski definition) is 1. The average molecular weight is 296 g/mol. The molecule has 2 rings (SSSR count). The Bertz CT molecular complexity index is 650. The van der Waals surface area contributed by atoms with Gasteiger partial charge in [-0.2, -0.15) is 5.26 Å².